The molecule has 2 aliphatic carbocycles. The van der Waals surface area contributed by atoms with Gasteiger partial charge in [0, 0.05) is 6.54 Å². The number of ether oxygens (including phenoxy) is 1. The van der Waals surface area contributed by atoms with Gasteiger partial charge < -0.3 is 9.84 Å². The summed E-state index contributed by atoms with van der Waals surface area (Å²) in [6.07, 6.45) is 13.8. The Balaban J connectivity index is 1.85. The monoisotopic (exact) mass is 337 g/mol. The maximum absolute atomic E-state index is 12.5. The number of aliphatic carboxylic acids is 1. The summed E-state index contributed by atoms with van der Waals surface area (Å²) in [5, 5.41) is 9.09. The molecule has 2 atom stereocenters. The highest BCUT2D eigenvalue weighted by atomic mass is 16.6. The zero-order valence-corrected chi connectivity index (χ0v) is 14.7. The fourth-order valence-electron chi connectivity index (χ4n) is 5.30. The van der Waals surface area contributed by atoms with E-state index in [0.717, 1.165) is 38.5 Å². The summed E-state index contributed by atoms with van der Waals surface area (Å²) in [5.41, 5.74) is -0.241. The van der Waals surface area contributed by atoms with Gasteiger partial charge in [0.25, 0.3) is 0 Å². The van der Waals surface area contributed by atoms with Crippen LogP contribution >= 0.6 is 0 Å². The molecule has 1 aliphatic heterocycles. The maximum Gasteiger partial charge on any atom is 0.410 e. The van der Waals surface area contributed by atoms with Crippen LogP contribution in [0.4, 0.5) is 4.79 Å². The average Bonchev–Trinajstić information content (AvgIpc) is 2.92. The summed E-state index contributed by atoms with van der Waals surface area (Å²) < 4.78 is 5.76. The molecule has 136 valence electrons. The van der Waals surface area contributed by atoms with Gasteiger partial charge in [-0.3, -0.25) is 9.69 Å². The Kier molecular flexibility index (Phi) is 5.67. The van der Waals surface area contributed by atoms with E-state index in [4.69, 9.17) is 9.84 Å². The van der Waals surface area contributed by atoms with Crippen LogP contribution < -0.4 is 0 Å². The molecule has 1 heterocycles. The molecule has 3 aliphatic rings. The second-order valence-electron chi connectivity index (χ2n) is 7.80. The molecule has 0 radical (unpaired) electrons. The molecule has 2 saturated carbocycles. The predicted molar refractivity (Wildman–Crippen MR) is 90.9 cm³/mol. The number of nitrogens with zero attached hydrogens (tertiary/aromatic N) is 1. The van der Waals surface area contributed by atoms with Gasteiger partial charge in [-0.1, -0.05) is 44.9 Å². The summed E-state index contributed by atoms with van der Waals surface area (Å²) >= 11 is 0. The molecule has 0 aromatic heterocycles. The van der Waals surface area contributed by atoms with Crippen molar-refractivity contribution in [3.8, 4) is 0 Å². The number of amides is 1. The lowest BCUT2D eigenvalue weighted by atomic mass is 9.67. The van der Waals surface area contributed by atoms with Crippen LogP contribution in [0.25, 0.3) is 0 Å². The number of carboxylic acids is 1. The summed E-state index contributed by atoms with van der Waals surface area (Å²) in [4.78, 5) is 25.4. The Morgan fingerprint density at radius 2 is 1.67 bits per heavy atom. The van der Waals surface area contributed by atoms with E-state index >= 15 is 0 Å². The van der Waals surface area contributed by atoms with Gasteiger partial charge in [-0.05, 0) is 38.0 Å². The molecule has 5 heteroatoms. The highest BCUT2D eigenvalue weighted by Gasteiger charge is 2.58. The van der Waals surface area contributed by atoms with E-state index in [2.05, 4.69) is 0 Å². The van der Waals surface area contributed by atoms with Gasteiger partial charge in [0.1, 0.15) is 6.10 Å². The van der Waals surface area contributed by atoms with Crippen LogP contribution in [0.3, 0.4) is 0 Å². The third-order valence-corrected chi connectivity index (χ3v) is 6.43. The lowest BCUT2D eigenvalue weighted by Crippen LogP contribution is -2.58. The Labute approximate surface area is 144 Å². The number of carbonyl (C=O) groups excluding carboxylic acids is 1. The van der Waals surface area contributed by atoms with Crippen LogP contribution in [-0.2, 0) is 9.53 Å². The highest BCUT2D eigenvalue weighted by Crippen LogP contribution is 2.49. The normalized spacial score (nSPS) is 32.4. The first-order valence-corrected chi connectivity index (χ1v) is 9.84. The first-order chi connectivity index (χ1) is 11.6. The molecule has 0 aromatic rings. The highest BCUT2D eigenvalue weighted by molar-refractivity contribution is 5.74. The first-order valence-electron chi connectivity index (χ1n) is 9.84. The van der Waals surface area contributed by atoms with E-state index in [0.29, 0.717) is 12.5 Å². The third kappa shape index (κ3) is 3.40. The van der Waals surface area contributed by atoms with Gasteiger partial charge in [-0.25, -0.2) is 4.79 Å². The second kappa shape index (κ2) is 7.75. The van der Waals surface area contributed by atoms with Crippen LogP contribution in [0, 0.1) is 5.92 Å². The lowest BCUT2D eigenvalue weighted by molar-refractivity contribution is -0.137. The number of carboxylic acid groups (broad SMARTS) is 1. The second-order valence-corrected chi connectivity index (χ2v) is 7.80. The molecule has 5 nitrogen and oxygen atoms in total. The quantitative estimate of drug-likeness (QED) is 0.828. The van der Waals surface area contributed by atoms with Crippen LogP contribution in [-0.4, -0.2) is 40.3 Å². The standard InChI is InChI=1S/C19H31NO4/c21-17(22)12-14-20-18(23)24-16-11-7-8-13-19(16,20)15-9-5-3-1-2-4-6-10-15/h15-16H,1-14H2,(H,21,22). The molecule has 24 heavy (non-hydrogen) atoms. The molecule has 0 bridgehead atoms. The SMILES string of the molecule is O=C(O)CCN1C(=O)OC2CCCCC21C1CCCCCCCC1. The van der Waals surface area contributed by atoms with E-state index in [1.807, 2.05) is 4.90 Å². The molecular formula is C19H31NO4. The van der Waals surface area contributed by atoms with Gasteiger partial charge in [0.15, 0.2) is 0 Å². The molecule has 1 N–H and O–H groups in total. The van der Waals surface area contributed by atoms with Gasteiger partial charge in [-0.2, -0.15) is 0 Å². The summed E-state index contributed by atoms with van der Waals surface area (Å²) in [5.74, 6) is -0.382. The molecular weight excluding hydrogens is 306 g/mol. The van der Waals surface area contributed by atoms with Crippen molar-refractivity contribution in [3.63, 3.8) is 0 Å². The van der Waals surface area contributed by atoms with Crippen molar-refractivity contribution in [2.45, 2.75) is 95.1 Å². The minimum atomic E-state index is -0.841. The molecule has 0 aromatic carbocycles. The third-order valence-electron chi connectivity index (χ3n) is 6.43. The van der Waals surface area contributed by atoms with Gasteiger partial charge >= 0.3 is 12.1 Å². The zero-order chi connectivity index (χ0) is 17.0. The zero-order valence-electron chi connectivity index (χ0n) is 14.7. The largest absolute Gasteiger partial charge is 0.481 e. The van der Waals surface area contributed by atoms with Crippen molar-refractivity contribution in [1.29, 1.82) is 0 Å². The van der Waals surface area contributed by atoms with E-state index in [-0.39, 0.29) is 24.2 Å². The summed E-state index contributed by atoms with van der Waals surface area (Å²) in [7, 11) is 0. The predicted octanol–water partition coefficient (Wildman–Crippen LogP) is 4.35. The van der Waals surface area contributed by atoms with Crippen LogP contribution in [0.1, 0.15) is 83.5 Å². The summed E-state index contributed by atoms with van der Waals surface area (Å²) in [6.45, 7) is 0.293. The first kappa shape index (κ1) is 17.6. The van der Waals surface area contributed by atoms with Crippen LogP contribution in [0.2, 0.25) is 0 Å². The topological polar surface area (TPSA) is 66.8 Å². The maximum atomic E-state index is 12.5. The Morgan fingerprint density at radius 3 is 2.33 bits per heavy atom. The van der Waals surface area contributed by atoms with Crippen LogP contribution in [0.15, 0.2) is 0 Å². The smallest absolute Gasteiger partial charge is 0.410 e. The Hall–Kier alpha value is -1.26. The van der Waals surface area contributed by atoms with E-state index < -0.39 is 5.97 Å². The van der Waals surface area contributed by atoms with Crippen molar-refractivity contribution in [2.75, 3.05) is 6.54 Å². The molecule has 1 amide bonds. The number of hydrogen-bond donors (Lipinski definition) is 1. The summed E-state index contributed by atoms with van der Waals surface area (Å²) in [6, 6.07) is 0. The van der Waals surface area contributed by atoms with Crippen LogP contribution in [0.5, 0.6) is 0 Å². The fourth-order valence-corrected chi connectivity index (χ4v) is 5.30. The number of hydrogen-bond acceptors (Lipinski definition) is 3. The van der Waals surface area contributed by atoms with Crippen molar-refractivity contribution in [1.82, 2.24) is 4.90 Å². The molecule has 0 spiro atoms. The van der Waals surface area contributed by atoms with Gasteiger partial charge in [0.2, 0.25) is 0 Å². The minimum Gasteiger partial charge on any atom is -0.481 e. The Morgan fingerprint density at radius 1 is 1.04 bits per heavy atom. The average molecular weight is 337 g/mol. The minimum absolute atomic E-state index is 0.0102. The van der Waals surface area contributed by atoms with E-state index in [1.165, 1.54) is 38.5 Å². The molecule has 2 unspecified atom stereocenters. The van der Waals surface area contributed by atoms with E-state index in [9.17, 15) is 9.59 Å². The van der Waals surface area contributed by atoms with Gasteiger partial charge in [-0.15, -0.1) is 0 Å². The Bertz CT molecular complexity index is 456. The number of rotatable bonds is 4. The van der Waals surface area contributed by atoms with Crippen molar-refractivity contribution >= 4 is 12.1 Å². The van der Waals surface area contributed by atoms with Gasteiger partial charge in [0.05, 0.1) is 12.0 Å². The number of carbonyl (C=O) groups is 2. The molecule has 3 rings (SSSR count). The van der Waals surface area contributed by atoms with E-state index in [1.54, 1.807) is 0 Å². The fraction of sp³-hybridized carbons (Fsp3) is 0.895. The van der Waals surface area contributed by atoms with Crippen molar-refractivity contribution < 1.29 is 19.4 Å². The molecule has 3 fully saturated rings. The number of fused-ring (bicyclic) bond motifs is 1. The van der Waals surface area contributed by atoms with Crippen molar-refractivity contribution in [2.24, 2.45) is 5.92 Å². The van der Waals surface area contributed by atoms with Crippen molar-refractivity contribution in [3.05, 3.63) is 0 Å². The molecule has 1 saturated heterocycles. The lowest BCUT2D eigenvalue weighted by Gasteiger charge is -2.47.